The van der Waals surface area contributed by atoms with E-state index in [-0.39, 0.29) is 12.0 Å². The number of rotatable bonds is 5. The van der Waals surface area contributed by atoms with Crippen molar-refractivity contribution >= 4 is 11.6 Å². The van der Waals surface area contributed by atoms with Gasteiger partial charge in [-0.3, -0.25) is 9.69 Å². The first-order valence-electron chi connectivity index (χ1n) is 7.96. The Morgan fingerprint density at radius 3 is 2.68 bits per heavy atom. The van der Waals surface area contributed by atoms with Gasteiger partial charge in [-0.1, -0.05) is 0 Å². The van der Waals surface area contributed by atoms with Gasteiger partial charge < -0.3 is 14.8 Å². The summed E-state index contributed by atoms with van der Waals surface area (Å²) < 4.78 is 11.1. The molecule has 2 atom stereocenters. The van der Waals surface area contributed by atoms with Gasteiger partial charge in [0.2, 0.25) is 5.91 Å². The zero-order valence-electron chi connectivity index (χ0n) is 13.2. The van der Waals surface area contributed by atoms with Crippen molar-refractivity contribution in [3.8, 4) is 5.75 Å². The molecule has 1 saturated heterocycles. The Hall–Kier alpha value is -1.59. The van der Waals surface area contributed by atoms with Gasteiger partial charge in [0.1, 0.15) is 5.75 Å². The summed E-state index contributed by atoms with van der Waals surface area (Å²) in [5.74, 6) is 1.51. The maximum absolute atomic E-state index is 12.2. The molecule has 0 radical (unpaired) electrons. The minimum absolute atomic E-state index is 0.0220. The fourth-order valence-corrected chi connectivity index (χ4v) is 3.01. The molecule has 1 aromatic rings. The second-order valence-electron chi connectivity index (χ2n) is 6.29. The minimum Gasteiger partial charge on any atom is -0.497 e. The van der Waals surface area contributed by atoms with Gasteiger partial charge >= 0.3 is 0 Å². The molecule has 5 nitrogen and oxygen atoms in total. The number of carbonyl (C=O) groups is 1. The molecule has 120 valence electrons. The van der Waals surface area contributed by atoms with E-state index in [1.54, 1.807) is 7.11 Å². The van der Waals surface area contributed by atoms with Crippen LogP contribution < -0.4 is 10.1 Å². The van der Waals surface area contributed by atoms with Gasteiger partial charge in [0.05, 0.1) is 25.9 Å². The van der Waals surface area contributed by atoms with Crippen molar-refractivity contribution in [3.05, 3.63) is 24.3 Å². The summed E-state index contributed by atoms with van der Waals surface area (Å²) in [7, 11) is 1.63. The van der Waals surface area contributed by atoms with E-state index in [0.29, 0.717) is 18.6 Å². The molecule has 1 saturated carbocycles. The molecule has 1 aromatic carbocycles. The summed E-state index contributed by atoms with van der Waals surface area (Å²) >= 11 is 0. The normalized spacial score (nSPS) is 25.7. The number of hydrogen-bond donors (Lipinski definition) is 1. The molecule has 2 unspecified atom stereocenters. The topological polar surface area (TPSA) is 50.8 Å². The van der Waals surface area contributed by atoms with Crippen molar-refractivity contribution in [3.63, 3.8) is 0 Å². The summed E-state index contributed by atoms with van der Waals surface area (Å²) in [4.78, 5) is 14.4. The van der Waals surface area contributed by atoms with Crippen LogP contribution in [0.4, 0.5) is 5.69 Å². The predicted octanol–water partition coefficient (Wildman–Crippen LogP) is 2.13. The number of anilines is 1. The summed E-state index contributed by atoms with van der Waals surface area (Å²) in [5, 5.41) is 2.94. The lowest BCUT2D eigenvalue weighted by Crippen LogP contribution is -2.49. The van der Waals surface area contributed by atoms with Crippen LogP contribution in [0.2, 0.25) is 0 Å². The Labute approximate surface area is 131 Å². The minimum atomic E-state index is 0.0220. The van der Waals surface area contributed by atoms with Gasteiger partial charge in [-0.2, -0.15) is 0 Å². The molecule has 1 N–H and O–H groups in total. The van der Waals surface area contributed by atoms with Gasteiger partial charge in [0.15, 0.2) is 0 Å². The molecule has 1 amide bonds. The molecule has 5 heteroatoms. The maximum Gasteiger partial charge on any atom is 0.238 e. The van der Waals surface area contributed by atoms with Gasteiger partial charge in [0, 0.05) is 18.8 Å². The lowest BCUT2D eigenvalue weighted by atomic mass is 10.1. The van der Waals surface area contributed by atoms with Gasteiger partial charge in [-0.05, 0) is 49.9 Å². The summed E-state index contributed by atoms with van der Waals surface area (Å²) in [6.07, 6.45) is 3.04. The summed E-state index contributed by atoms with van der Waals surface area (Å²) in [6.45, 7) is 4.19. The van der Waals surface area contributed by atoms with E-state index in [2.05, 4.69) is 17.1 Å². The van der Waals surface area contributed by atoms with E-state index in [4.69, 9.17) is 9.47 Å². The average Bonchev–Trinajstić information content (AvgIpc) is 3.32. The van der Waals surface area contributed by atoms with Crippen molar-refractivity contribution in [2.45, 2.75) is 32.0 Å². The fraction of sp³-hybridized carbons (Fsp3) is 0.588. The zero-order valence-corrected chi connectivity index (χ0v) is 13.2. The highest BCUT2D eigenvalue weighted by molar-refractivity contribution is 5.92. The number of ether oxygens (including phenoxy) is 2. The molecule has 1 aliphatic heterocycles. The quantitative estimate of drug-likeness (QED) is 0.905. The second kappa shape index (κ2) is 6.67. The van der Waals surface area contributed by atoms with Crippen molar-refractivity contribution in [1.29, 1.82) is 0 Å². The Morgan fingerprint density at radius 2 is 2.05 bits per heavy atom. The third kappa shape index (κ3) is 3.99. The molecule has 1 aliphatic carbocycles. The van der Waals surface area contributed by atoms with Crippen LogP contribution in [0.1, 0.15) is 19.8 Å². The molecule has 0 spiro atoms. The molecule has 0 aromatic heterocycles. The van der Waals surface area contributed by atoms with Gasteiger partial charge in [-0.25, -0.2) is 0 Å². The van der Waals surface area contributed by atoms with Crippen LogP contribution >= 0.6 is 0 Å². The number of morpholine rings is 1. The lowest BCUT2D eigenvalue weighted by Gasteiger charge is -2.36. The van der Waals surface area contributed by atoms with Gasteiger partial charge in [0.25, 0.3) is 0 Å². The van der Waals surface area contributed by atoms with Crippen molar-refractivity contribution < 1.29 is 14.3 Å². The molecular formula is C17H24N2O3. The van der Waals surface area contributed by atoms with Crippen LogP contribution in [0.15, 0.2) is 24.3 Å². The van der Waals surface area contributed by atoms with E-state index in [1.165, 1.54) is 12.8 Å². The highest BCUT2D eigenvalue weighted by Crippen LogP contribution is 2.36. The average molecular weight is 304 g/mol. The smallest absolute Gasteiger partial charge is 0.238 e. The predicted molar refractivity (Wildman–Crippen MR) is 85.1 cm³/mol. The first-order valence-corrected chi connectivity index (χ1v) is 7.96. The van der Waals surface area contributed by atoms with E-state index < -0.39 is 0 Å². The Kier molecular flexibility index (Phi) is 4.64. The molecule has 2 aliphatic rings. The summed E-state index contributed by atoms with van der Waals surface area (Å²) in [6, 6.07) is 7.39. The third-order valence-electron chi connectivity index (χ3n) is 4.25. The third-order valence-corrected chi connectivity index (χ3v) is 4.25. The van der Waals surface area contributed by atoms with Crippen molar-refractivity contribution in [2.24, 2.45) is 5.92 Å². The van der Waals surface area contributed by atoms with Crippen molar-refractivity contribution in [2.75, 3.05) is 32.1 Å². The first-order chi connectivity index (χ1) is 10.6. The van der Waals surface area contributed by atoms with E-state index in [1.807, 2.05) is 24.3 Å². The monoisotopic (exact) mass is 304 g/mol. The van der Waals surface area contributed by atoms with E-state index in [9.17, 15) is 4.79 Å². The number of methoxy groups -OCH3 is 1. The Balaban J connectivity index is 1.51. The highest BCUT2D eigenvalue weighted by Gasteiger charge is 2.37. The van der Waals surface area contributed by atoms with E-state index >= 15 is 0 Å². The Morgan fingerprint density at radius 1 is 1.32 bits per heavy atom. The van der Waals surface area contributed by atoms with Crippen LogP contribution in [0.5, 0.6) is 5.75 Å². The number of hydrogen-bond acceptors (Lipinski definition) is 4. The maximum atomic E-state index is 12.2. The zero-order chi connectivity index (χ0) is 15.5. The van der Waals surface area contributed by atoms with Crippen LogP contribution in [0.3, 0.4) is 0 Å². The number of nitrogens with zero attached hydrogens (tertiary/aromatic N) is 1. The molecular weight excluding hydrogens is 280 g/mol. The number of benzene rings is 1. The van der Waals surface area contributed by atoms with E-state index in [0.717, 1.165) is 24.5 Å². The summed E-state index contributed by atoms with van der Waals surface area (Å²) in [5.41, 5.74) is 0.797. The molecule has 3 rings (SSSR count). The number of nitrogens with one attached hydrogen (secondary N) is 1. The fourth-order valence-electron chi connectivity index (χ4n) is 3.01. The van der Waals surface area contributed by atoms with Crippen LogP contribution in [0.25, 0.3) is 0 Å². The largest absolute Gasteiger partial charge is 0.497 e. The number of carbonyl (C=O) groups excluding carboxylic acids is 1. The SMILES string of the molecule is COc1ccc(NC(=O)CN2CC(C)OC(C3CC3)C2)cc1. The highest BCUT2D eigenvalue weighted by atomic mass is 16.5. The standard InChI is InChI=1S/C17H24N2O3/c1-12-9-19(10-16(22-12)13-3-4-13)11-17(20)18-14-5-7-15(21-2)8-6-14/h5-8,12-13,16H,3-4,9-11H2,1-2H3,(H,18,20). The molecule has 1 heterocycles. The van der Waals surface area contributed by atoms with Gasteiger partial charge in [-0.15, -0.1) is 0 Å². The number of amides is 1. The molecule has 22 heavy (non-hydrogen) atoms. The lowest BCUT2D eigenvalue weighted by molar-refractivity contribution is -0.122. The van der Waals surface area contributed by atoms with Crippen LogP contribution in [-0.4, -0.2) is 49.8 Å². The van der Waals surface area contributed by atoms with Crippen LogP contribution in [0, 0.1) is 5.92 Å². The second-order valence-corrected chi connectivity index (χ2v) is 6.29. The van der Waals surface area contributed by atoms with Crippen LogP contribution in [-0.2, 0) is 9.53 Å². The van der Waals surface area contributed by atoms with Crippen molar-refractivity contribution in [1.82, 2.24) is 4.90 Å². The molecule has 0 bridgehead atoms. The molecule has 2 fully saturated rings. The first kappa shape index (κ1) is 15.3. The Bertz CT molecular complexity index is 513.